The van der Waals surface area contributed by atoms with Crippen LogP contribution in [0.15, 0.2) is 24.3 Å². The van der Waals surface area contributed by atoms with Gasteiger partial charge in [0.05, 0.1) is 6.10 Å². The molecular formula is C15H16Cl2N2O2. The highest BCUT2D eigenvalue weighted by atomic mass is 35.5. The highest BCUT2D eigenvalue weighted by Crippen LogP contribution is 2.23. The van der Waals surface area contributed by atoms with E-state index >= 15 is 0 Å². The van der Waals surface area contributed by atoms with Crippen molar-refractivity contribution in [1.29, 1.82) is 0 Å². The number of nitrogens with one attached hydrogen (secondary N) is 2. The fourth-order valence-electron chi connectivity index (χ4n) is 2.13. The second-order valence-electron chi connectivity index (χ2n) is 4.94. The number of halogens is 2. The van der Waals surface area contributed by atoms with E-state index in [1.165, 1.54) is 0 Å². The smallest absolute Gasteiger partial charge is 0.268 e. The third-order valence-corrected chi connectivity index (χ3v) is 3.54. The first-order valence-electron chi connectivity index (χ1n) is 6.45. The average molecular weight is 327 g/mol. The fraction of sp³-hybridized carbons (Fsp3) is 0.267. The summed E-state index contributed by atoms with van der Waals surface area (Å²) in [5.41, 5.74) is 2.85. The van der Waals surface area contributed by atoms with Gasteiger partial charge in [-0.3, -0.25) is 4.79 Å². The number of carbonyl (C=O) groups excluding carboxylic acids is 1. The Kier molecular flexibility index (Phi) is 4.93. The predicted molar refractivity (Wildman–Crippen MR) is 84.0 cm³/mol. The van der Waals surface area contributed by atoms with E-state index in [2.05, 4.69) is 10.3 Å². The molecule has 6 heteroatoms. The molecule has 1 aromatic heterocycles. The van der Waals surface area contributed by atoms with Gasteiger partial charge in [-0.15, -0.1) is 0 Å². The van der Waals surface area contributed by atoms with E-state index in [0.717, 1.165) is 11.3 Å². The predicted octanol–water partition coefficient (Wildman–Crippen LogP) is 3.40. The summed E-state index contributed by atoms with van der Waals surface area (Å²) < 4.78 is 0. The minimum absolute atomic E-state index is 0.0764. The number of aliphatic hydroxyl groups excluding tert-OH is 1. The Morgan fingerprint density at radius 2 is 1.86 bits per heavy atom. The van der Waals surface area contributed by atoms with Gasteiger partial charge in [-0.05, 0) is 49.2 Å². The van der Waals surface area contributed by atoms with Crippen LogP contribution >= 0.6 is 23.2 Å². The van der Waals surface area contributed by atoms with Gasteiger partial charge in [-0.1, -0.05) is 23.2 Å². The number of aryl methyl sites for hydroxylation is 2. The average Bonchev–Trinajstić information content (AvgIpc) is 2.73. The van der Waals surface area contributed by atoms with Gasteiger partial charge in [-0.25, -0.2) is 0 Å². The van der Waals surface area contributed by atoms with E-state index in [1.807, 2.05) is 19.9 Å². The van der Waals surface area contributed by atoms with Gasteiger partial charge in [0.1, 0.15) is 5.69 Å². The van der Waals surface area contributed by atoms with E-state index < -0.39 is 6.10 Å². The van der Waals surface area contributed by atoms with Crippen molar-refractivity contribution in [2.24, 2.45) is 0 Å². The van der Waals surface area contributed by atoms with Gasteiger partial charge in [0.15, 0.2) is 0 Å². The van der Waals surface area contributed by atoms with Gasteiger partial charge in [0.2, 0.25) is 0 Å². The Morgan fingerprint density at radius 3 is 2.38 bits per heavy atom. The van der Waals surface area contributed by atoms with E-state index in [4.69, 9.17) is 23.2 Å². The minimum Gasteiger partial charge on any atom is -0.387 e. The summed E-state index contributed by atoms with van der Waals surface area (Å²) in [7, 11) is 0. The summed E-state index contributed by atoms with van der Waals surface area (Å²) in [4.78, 5) is 15.0. The first kappa shape index (κ1) is 15.9. The van der Waals surface area contributed by atoms with Crippen molar-refractivity contribution in [1.82, 2.24) is 10.3 Å². The Bertz CT molecular complexity index is 647. The SMILES string of the molecule is Cc1cc(C)c(C(=O)NCC(O)c2cc(Cl)cc(Cl)c2)[nH]1. The quantitative estimate of drug-likeness (QED) is 0.806. The van der Waals surface area contributed by atoms with Crippen LogP contribution in [0.1, 0.15) is 33.4 Å². The number of amides is 1. The van der Waals surface area contributed by atoms with Crippen molar-refractivity contribution in [3.8, 4) is 0 Å². The number of benzene rings is 1. The number of hydrogen-bond donors (Lipinski definition) is 3. The third kappa shape index (κ3) is 4.00. The lowest BCUT2D eigenvalue weighted by Crippen LogP contribution is -2.29. The first-order chi connectivity index (χ1) is 9.86. The number of aromatic nitrogens is 1. The second kappa shape index (κ2) is 6.52. The molecule has 0 aliphatic heterocycles. The zero-order valence-corrected chi connectivity index (χ0v) is 13.2. The lowest BCUT2D eigenvalue weighted by atomic mass is 10.1. The second-order valence-corrected chi connectivity index (χ2v) is 5.81. The molecule has 21 heavy (non-hydrogen) atoms. The van der Waals surface area contributed by atoms with Crippen LogP contribution in [-0.2, 0) is 0 Å². The van der Waals surface area contributed by atoms with Crippen LogP contribution in [0.25, 0.3) is 0 Å². The molecule has 0 aliphatic rings. The molecule has 1 amide bonds. The molecule has 3 N–H and O–H groups in total. The van der Waals surface area contributed by atoms with Crippen molar-refractivity contribution in [2.75, 3.05) is 6.54 Å². The van der Waals surface area contributed by atoms with Crippen LogP contribution < -0.4 is 5.32 Å². The molecule has 1 unspecified atom stereocenters. The molecule has 112 valence electrons. The topological polar surface area (TPSA) is 65.1 Å². The molecule has 0 aliphatic carbocycles. The van der Waals surface area contributed by atoms with Crippen LogP contribution in [0, 0.1) is 13.8 Å². The molecule has 1 atom stereocenters. The lowest BCUT2D eigenvalue weighted by molar-refractivity contribution is 0.0911. The van der Waals surface area contributed by atoms with Crippen molar-refractivity contribution < 1.29 is 9.90 Å². The Balaban J connectivity index is 2.02. The third-order valence-electron chi connectivity index (χ3n) is 3.10. The van der Waals surface area contributed by atoms with Crippen LogP contribution in [-0.4, -0.2) is 22.5 Å². The standard InChI is InChI=1S/C15H16Cl2N2O2/c1-8-3-9(2)19-14(8)15(21)18-7-13(20)10-4-11(16)6-12(17)5-10/h3-6,13,19-20H,7H2,1-2H3,(H,18,21). The fourth-order valence-corrected chi connectivity index (χ4v) is 2.67. The van der Waals surface area contributed by atoms with E-state index in [9.17, 15) is 9.90 Å². The summed E-state index contributed by atoms with van der Waals surface area (Å²) in [6.45, 7) is 3.81. The maximum Gasteiger partial charge on any atom is 0.268 e. The molecule has 2 aromatic rings. The van der Waals surface area contributed by atoms with Crippen LogP contribution in [0.5, 0.6) is 0 Å². The summed E-state index contributed by atoms with van der Waals surface area (Å²) in [5.74, 6) is -0.257. The van der Waals surface area contributed by atoms with Crippen LogP contribution in [0.3, 0.4) is 0 Å². The van der Waals surface area contributed by atoms with Gasteiger partial charge in [0, 0.05) is 22.3 Å². The molecule has 0 radical (unpaired) electrons. The van der Waals surface area contributed by atoms with E-state index in [0.29, 0.717) is 21.3 Å². The van der Waals surface area contributed by atoms with Gasteiger partial charge >= 0.3 is 0 Å². The van der Waals surface area contributed by atoms with Crippen LogP contribution in [0.4, 0.5) is 0 Å². The minimum atomic E-state index is -0.874. The number of aliphatic hydroxyl groups is 1. The molecule has 0 saturated heterocycles. The molecular weight excluding hydrogens is 311 g/mol. The van der Waals surface area contributed by atoms with Crippen LogP contribution in [0.2, 0.25) is 10.0 Å². The summed E-state index contributed by atoms with van der Waals surface area (Å²) in [6, 6.07) is 6.72. The summed E-state index contributed by atoms with van der Waals surface area (Å²) >= 11 is 11.8. The molecule has 1 heterocycles. The number of hydrogen-bond acceptors (Lipinski definition) is 2. The van der Waals surface area contributed by atoms with Crippen molar-refractivity contribution in [2.45, 2.75) is 20.0 Å². The molecule has 1 aromatic carbocycles. The highest BCUT2D eigenvalue weighted by molar-refractivity contribution is 6.34. The molecule has 0 fully saturated rings. The van der Waals surface area contributed by atoms with E-state index in [-0.39, 0.29) is 12.5 Å². The number of carbonyl (C=O) groups is 1. The number of aromatic amines is 1. The maximum absolute atomic E-state index is 12.0. The molecule has 4 nitrogen and oxygen atoms in total. The van der Waals surface area contributed by atoms with Crippen molar-refractivity contribution in [3.05, 3.63) is 56.8 Å². The Morgan fingerprint density at radius 1 is 1.24 bits per heavy atom. The van der Waals surface area contributed by atoms with Gasteiger partial charge in [0.25, 0.3) is 5.91 Å². The van der Waals surface area contributed by atoms with Crippen molar-refractivity contribution >= 4 is 29.1 Å². The molecule has 0 bridgehead atoms. The Hall–Kier alpha value is -1.49. The van der Waals surface area contributed by atoms with E-state index in [1.54, 1.807) is 18.2 Å². The molecule has 2 rings (SSSR count). The lowest BCUT2D eigenvalue weighted by Gasteiger charge is -2.13. The first-order valence-corrected chi connectivity index (χ1v) is 7.21. The van der Waals surface area contributed by atoms with Crippen molar-refractivity contribution in [3.63, 3.8) is 0 Å². The summed E-state index contributed by atoms with van der Waals surface area (Å²) in [5, 5.41) is 13.7. The summed E-state index contributed by atoms with van der Waals surface area (Å²) in [6.07, 6.45) is -0.874. The zero-order chi connectivity index (χ0) is 15.6. The maximum atomic E-state index is 12.0. The normalized spacial score (nSPS) is 12.2. The molecule has 0 saturated carbocycles. The highest BCUT2D eigenvalue weighted by Gasteiger charge is 2.14. The monoisotopic (exact) mass is 326 g/mol. The molecule has 0 spiro atoms. The zero-order valence-electron chi connectivity index (χ0n) is 11.7. The number of rotatable bonds is 4. The number of H-pyrrole nitrogens is 1. The van der Waals surface area contributed by atoms with Gasteiger partial charge < -0.3 is 15.4 Å². The largest absolute Gasteiger partial charge is 0.387 e. The Labute approximate surface area is 133 Å². The van der Waals surface area contributed by atoms with Gasteiger partial charge in [-0.2, -0.15) is 0 Å².